The number of aryl methyl sites for hydroxylation is 1. The summed E-state index contributed by atoms with van der Waals surface area (Å²) in [5.74, 6) is 1.44. The number of benzene rings is 3. The first-order chi connectivity index (χ1) is 16.5. The van der Waals surface area contributed by atoms with Crippen LogP contribution in [0, 0.1) is 6.92 Å². The van der Waals surface area contributed by atoms with Gasteiger partial charge in [-0.15, -0.1) is 11.3 Å². The number of carbonyl (C=O) groups excluding carboxylic acids is 1. The van der Waals surface area contributed by atoms with Crippen molar-refractivity contribution in [2.75, 3.05) is 32.6 Å². The molecule has 0 radical (unpaired) electrons. The van der Waals surface area contributed by atoms with Gasteiger partial charge in [-0.25, -0.2) is 4.98 Å². The lowest BCUT2D eigenvalue weighted by molar-refractivity contribution is -0.117. The van der Waals surface area contributed by atoms with Gasteiger partial charge in [0.2, 0.25) is 5.91 Å². The Morgan fingerprint density at radius 2 is 1.76 bits per heavy atom. The molecule has 1 aliphatic rings. The summed E-state index contributed by atoms with van der Waals surface area (Å²) in [5.41, 5.74) is 6.50. The van der Waals surface area contributed by atoms with Gasteiger partial charge < -0.3 is 14.8 Å². The first-order valence-corrected chi connectivity index (χ1v) is 12.1. The molecule has 7 heteroatoms. The molecule has 0 spiro atoms. The number of hydrogen-bond acceptors (Lipinski definition) is 6. The maximum Gasteiger partial charge on any atom is 0.238 e. The summed E-state index contributed by atoms with van der Waals surface area (Å²) in [4.78, 5) is 19.6. The number of fused-ring (bicyclic) bond motifs is 2. The topological polar surface area (TPSA) is 63.7 Å². The molecular weight excluding hydrogens is 446 g/mol. The summed E-state index contributed by atoms with van der Waals surface area (Å²) in [6.45, 7) is 3.96. The van der Waals surface area contributed by atoms with Gasteiger partial charge in [0.25, 0.3) is 0 Å². The molecule has 0 unspecified atom stereocenters. The molecule has 3 aromatic carbocycles. The quantitative estimate of drug-likeness (QED) is 0.413. The van der Waals surface area contributed by atoms with E-state index in [4.69, 9.17) is 14.5 Å². The predicted molar refractivity (Wildman–Crippen MR) is 137 cm³/mol. The van der Waals surface area contributed by atoms with Crippen molar-refractivity contribution in [1.82, 2.24) is 9.88 Å². The number of rotatable bonds is 6. The second-order valence-corrected chi connectivity index (χ2v) is 9.58. The molecule has 34 heavy (non-hydrogen) atoms. The Hall–Kier alpha value is -3.42. The fraction of sp³-hybridized carbons (Fsp3) is 0.259. The van der Waals surface area contributed by atoms with Gasteiger partial charge in [0, 0.05) is 24.3 Å². The smallest absolute Gasteiger partial charge is 0.238 e. The van der Waals surface area contributed by atoms with Gasteiger partial charge in [-0.3, -0.25) is 9.69 Å². The second-order valence-electron chi connectivity index (χ2n) is 8.55. The number of nitrogens with zero attached hydrogens (tertiary/aromatic N) is 2. The van der Waals surface area contributed by atoms with Crippen LogP contribution in [-0.4, -0.2) is 43.1 Å². The largest absolute Gasteiger partial charge is 0.493 e. The zero-order valence-electron chi connectivity index (χ0n) is 19.6. The third-order valence-corrected chi connectivity index (χ3v) is 7.19. The third kappa shape index (κ3) is 4.62. The van der Waals surface area contributed by atoms with E-state index in [-0.39, 0.29) is 5.91 Å². The molecule has 6 nitrogen and oxygen atoms in total. The van der Waals surface area contributed by atoms with Crippen molar-refractivity contribution in [2.45, 2.75) is 19.9 Å². The number of methoxy groups -OCH3 is 2. The molecule has 0 bridgehead atoms. The van der Waals surface area contributed by atoms with Crippen LogP contribution in [0.1, 0.15) is 16.7 Å². The van der Waals surface area contributed by atoms with E-state index < -0.39 is 0 Å². The average Bonchev–Trinajstić information content (AvgIpc) is 3.26. The SMILES string of the molecule is COc1cc2c(cc1OC)CN(CC(=O)Nc1ccc(-c3nc4ccc(C)cc4s3)cc1)CC2. The summed E-state index contributed by atoms with van der Waals surface area (Å²) in [5, 5.41) is 4.01. The van der Waals surface area contributed by atoms with Crippen molar-refractivity contribution in [3.8, 4) is 22.1 Å². The Morgan fingerprint density at radius 1 is 1.03 bits per heavy atom. The Balaban J connectivity index is 1.22. The molecule has 5 rings (SSSR count). The van der Waals surface area contributed by atoms with E-state index in [2.05, 4.69) is 35.3 Å². The Labute approximate surface area is 203 Å². The lowest BCUT2D eigenvalue weighted by atomic mass is 9.99. The first-order valence-electron chi connectivity index (χ1n) is 11.3. The van der Waals surface area contributed by atoms with Gasteiger partial charge in [0.05, 0.1) is 31.0 Å². The van der Waals surface area contributed by atoms with E-state index in [1.807, 2.05) is 36.4 Å². The van der Waals surface area contributed by atoms with Crippen LogP contribution in [0.25, 0.3) is 20.8 Å². The summed E-state index contributed by atoms with van der Waals surface area (Å²) in [7, 11) is 3.29. The highest BCUT2D eigenvalue weighted by atomic mass is 32.1. The highest BCUT2D eigenvalue weighted by Crippen LogP contribution is 2.33. The van der Waals surface area contributed by atoms with Crippen LogP contribution in [0.4, 0.5) is 5.69 Å². The number of thiazole rings is 1. The van der Waals surface area contributed by atoms with Gasteiger partial charge in [0.1, 0.15) is 5.01 Å². The fourth-order valence-electron chi connectivity index (χ4n) is 4.33. The normalized spacial score (nSPS) is 13.5. The number of hydrogen-bond donors (Lipinski definition) is 1. The maximum atomic E-state index is 12.7. The summed E-state index contributed by atoms with van der Waals surface area (Å²) < 4.78 is 12.0. The zero-order chi connectivity index (χ0) is 23.7. The molecule has 0 saturated heterocycles. The molecule has 1 amide bonds. The fourth-order valence-corrected chi connectivity index (χ4v) is 5.40. The molecule has 0 atom stereocenters. The summed E-state index contributed by atoms with van der Waals surface area (Å²) in [6.07, 6.45) is 0.874. The van der Waals surface area contributed by atoms with Crippen LogP contribution in [-0.2, 0) is 17.8 Å². The van der Waals surface area contributed by atoms with Gasteiger partial charge >= 0.3 is 0 Å². The molecule has 2 heterocycles. The molecule has 174 valence electrons. The molecule has 1 aliphatic heterocycles. The van der Waals surface area contributed by atoms with Crippen LogP contribution < -0.4 is 14.8 Å². The number of nitrogens with one attached hydrogen (secondary N) is 1. The average molecular weight is 474 g/mol. The van der Waals surface area contributed by atoms with Crippen molar-refractivity contribution >= 4 is 33.1 Å². The Morgan fingerprint density at radius 3 is 2.50 bits per heavy atom. The number of anilines is 1. The van der Waals surface area contributed by atoms with E-state index in [0.29, 0.717) is 13.1 Å². The zero-order valence-corrected chi connectivity index (χ0v) is 20.4. The van der Waals surface area contributed by atoms with Crippen LogP contribution in [0.15, 0.2) is 54.6 Å². The van der Waals surface area contributed by atoms with E-state index in [1.54, 1.807) is 25.6 Å². The van der Waals surface area contributed by atoms with E-state index in [0.717, 1.165) is 46.2 Å². The number of aromatic nitrogens is 1. The van der Waals surface area contributed by atoms with Gasteiger partial charge in [0.15, 0.2) is 11.5 Å². The minimum absolute atomic E-state index is 0.0212. The predicted octanol–water partition coefficient (Wildman–Crippen LogP) is 5.29. The Kier molecular flexibility index (Phi) is 6.22. The van der Waals surface area contributed by atoms with Crippen molar-refractivity contribution in [3.63, 3.8) is 0 Å². The van der Waals surface area contributed by atoms with Crippen LogP contribution in [0.5, 0.6) is 11.5 Å². The molecule has 1 aromatic heterocycles. The molecular formula is C27H27N3O3S. The highest BCUT2D eigenvalue weighted by Gasteiger charge is 2.21. The minimum Gasteiger partial charge on any atom is -0.493 e. The van der Waals surface area contributed by atoms with Crippen LogP contribution in [0.2, 0.25) is 0 Å². The third-order valence-electron chi connectivity index (χ3n) is 6.12. The standard InChI is InChI=1S/C27H27N3O3S/c1-17-4-9-22-25(12-17)34-27(29-22)18-5-7-21(8-6-18)28-26(31)16-30-11-10-19-13-23(32-2)24(33-3)14-20(19)15-30/h4-9,12-14H,10-11,15-16H2,1-3H3,(H,28,31). The van der Waals surface area contributed by atoms with Crippen molar-refractivity contribution in [3.05, 3.63) is 71.3 Å². The van der Waals surface area contributed by atoms with E-state index in [1.165, 1.54) is 21.4 Å². The molecule has 0 saturated carbocycles. The van der Waals surface area contributed by atoms with Crippen molar-refractivity contribution in [2.24, 2.45) is 0 Å². The van der Waals surface area contributed by atoms with Gasteiger partial charge in [-0.05, 0) is 78.6 Å². The van der Waals surface area contributed by atoms with Crippen molar-refractivity contribution < 1.29 is 14.3 Å². The maximum absolute atomic E-state index is 12.7. The van der Waals surface area contributed by atoms with Crippen molar-refractivity contribution in [1.29, 1.82) is 0 Å². The van der Waals surface area contributed by atoms with Gasteiger partial charge in [-0.2, -0.15) is 0 Å². The lowest BCUT2D eigenvalue weighted by Crippen LogP contribution is -2.37. The van der Waals surface area contributed by atoms with E-state index >= 15 is 0 Å². The molecule has 1 N–H and O–H groups in total. The molecule has 0 aliphatic carbocycles. The molecule has 4 aromatic rings. The lowest BCUT2D eigenvalue weighted by Gasteiger charge is -2.29. The summed E-state index contributed by atoms with van der Waals surface area (Å²) in [6, 6.07) is 18.3. The van der Waals surface area contributed by atoms with Crippen LogP contribution in [0.3, 0.4) is 0 Å². The molecule has 0 fully saturated rings. The van der Waals surface area contributed by atoms with E-state index in [9.17, 15) is 4.79 Å². The minimum atomic E-state index is -0.0212. The highest BCUT2D eigenvalue weighted by molar-refractivity contribution is 7.21. The van der Waals surface area contributed by atoms with Gasteiger partial charge in [-0.1, -0.05) is 6.07 Å². The number of carbonyl (C=O) groups is 1. The number of amides is 1. The number of ether oxygens (including phenoxy) is 2. The summed E-state index contributed by atoms with van der Waals surface area (Å²) >= 11 is 1.68. The second kappa shape index (κ2) is 9.44. The van der Waals surface area contributed by atoms with Crippen LogP contribution >= 0.6 is 11.3 Å². The first kappa shape index (κ1) is 22.4. The Bertz CT molecular complexity index is 1350. The monoisotopic (exact) mass is 473 g/mol.